The van der Waals surface area contributed by atoms with Gasteiger partial charge in [0, 0.05) is 50.8 Å². The molecule has 2 aliphatic rings. The molecule has 7 heteroatoms. The second-order valence-corrected chi connectivity index (χ2v) is 7.59. The van der Waals surface area contributed by atoms with Crippen molar-refractivity contribution in [3.63, 3.8) is 0 Å². The van der Waals surface area contributed by atoms with Crippen molar-refractivity contribution in [2.24, 2.45) is 0 Å². The lowest BCUT2D eigenvalue weighted by molar-refractivity contribution is 0.0605. The number of amides is 2. The van der Waals surface area contributed by atoms with E-state index in [-0.39, 0.29) is 11.8 Å². The molecule has 5 rings (SSSR count). The minimum Gasteiger partial charge on any atom is -0.337 e. The van der Waals surface area contributed by atoms with E-state index >= 15 is 0 Å². The molecule has 0 radical (unpaired) electrons. The molecule has 2 aromatic heterocycles. The van der Waals surface area contributed by atoms with Crippen LogP contribution in [0.15, 0.2) is 54.9 Å². The fourth-order valence-corrected chi connectivity index (χ4v) is 4.39. The molecule has 0 bridgehead atoms. The van der Waals surface area contributed by atoms with Crippen molar-refractivity contribution >= 4 is 28.4 Å². The van der Waals surface area contributed by atoms with Crippen LogP contribution in [0.1, 0.15) is 33.7 Å². The van der Waals surface area contributed by atoms with Crippen LogP contribution in [-0.2, 0) is 0 Å². The third-order valence-electron chi connectivity index (χ3n) is 6.09. The van der Waals surface area contributed by atoms with Crippen LogP contribution in [0.3, 0.4) is 0 Å². The zero-order chi connectivity index (χ0) is 20.0. The Hall–Kier alpha value is -3.48. The lowest BCUT2D eigenvalue weighted by Gasteiger charge is -2.50. The Bertz CT molecular complexity index is 1120. The fourth-order valence-electron chi connectivity index (χ4n) is 4.39. The topological polar surface area (TPSA) is 78.4 Å². The van der Waals surface area contributed by atoms with E-state index in [0.29, 0.717) is 43.0 Å². The average molecular weight is 387 g/mol. The number of hydrogen-bond acceptors (Lipinski definition) is 5. The molecule has 1 spiro atoms. The molecule has 1 aromatic carbocycles. The first kappa shape index (κ1) is 17.6. The molecule has 1 saturated heterocycles. The second-order valence-electron chi connectivity index (χ2n) is 7.59. The first-order valence-electron chi connectivity index (χ1n) is 9.73. The van der Waals surface area contributed by atoms with Crippen LogP contribution in [0, 0.1) is 0 Å². The van der Waals surface area contributed by atoms with E-state index in [1.165, 1.54) is 0 Å². The highest BCUT2D eigenvalue weighted by Crippen LogP contribution is 2.35. The highest BCUT2D eigenvalue weighted by atomic mass is 16.2. The SMILES string of the molecule is CN1c2ncccc2C(=O)NC12CCN(C(=O)c1nccc3ccccc13)CC2. The first-order chi connectivity index (χ1) is 14.1. The zero-order valence-electron chi connectivity index (χ0n) is 16.1. The molecule has 1 fully saturated rings. The van der Waals surface area contributed by atoms with E-state index in [1.807, 2.05) is 47.2 Å². The molecule has 7 nitrogen and oxygen atoms in total. The number of fused-ring (bicyclic) bond motifs is 2. The van der Waals surface area contributed by atoms with Crippen LogP contribution in [0.5, 0.6) is 0 Å². The molecule has 3 aromatic rings. The Morgan fingerprint density at radius 2 is 1.83 bits per heavy atom. The van der Waals surface area contributed by atoms with Crippen molar-refractivity contribution in [3.05, 3.63) is 66.1 Å². The van der Waals surface area contributed by atoms with Crippen LogP contribution in [-0.4, -0.2) is 52.5 Å². The van der Waals surface area contributed by atoms with Gasteiger partial charge in [0.1, 0.15) is 17.2 Å². The van der Waals surface area contributed by atoms with Gasteiger partial charge in [0.05, 0.1) is 5.56 Å². The number of rotatable bonds is 1. The average Bonchev–Trinajstić information content (AvgIpc) is 2.77. The number of pyridine rings is 2. The molecular weight excluding hydrogens is 366 g/mol. The first-order valence-corrected chi connectivity index (χ1v) is 9.73. The lowest BCUT2D eigenvalue weighted by Crippen LogP contribution is -2.67. The van der Waals surface area contributed by atoms with E-state index in [0.717, 1.165) is 10.8 Å². The van der Waals surface area contributed by atoms with Gasteiger partial charge in [-0.2, -0.15) is 0 Å². The molecule has 146 valence electrons. The quantitative estimate of drug-likeness (QED) is 0.694. The summed E-state index contributed by atoms with van der Waals surface area (Å²) in [5.74, 6) is 0.508. The largest absolute Gasteiger partial charge is 0.337 e. The fraction of sp³-hybridized carbons (Fsp3) is 0.273. The van der Waals surface area contributed by atoms with Crippen LogP contribution < -0.4 is 10.2 Å². The van der Waals surface area contributed by atoms with Gasteiger partial charge in [-0.05, 0) is 23.6 Å². The van der Waals surface area contributed by atoms with Gasteiger partial charge in [0.2, 0.25) is 0 Å². The maximum Gasteiger partial charge on any atom is 0.273 e. The molecule has 0 aliphatic carbocycles. The lowest BCUT2D eigenvalue weighted by atomic mass is 9.91. The summed E-state index contributed by atoms with van der Waals surface area (Å²) in [5, 5.41) is 5.02. The number of nitrogens with one attached hydrogen (secondary N) is 1. The van der Waals surface area contributed by atoms with Crippen molar-refractivity contribution < 1.29 is 9.59 Å². The van der Waals surface area contributed by atoms with Crippen LogP contribution in [0.4, 0.5) is 5.82 Å². The Morgan fingerprint density at radius 1 is 1.03 bits per heavy atom. The van der Waals surface area contributed by atoms with Crippen LogP contribution in [0.2, 0.25) is 0 Å². The van der Waals surface area contributed by atoms with E-state index in [4.69, 9.17) is 0 Å². The second kappa shape index (κ2) is 6.55. The molecular formula is C22H21N5O2. The molecule has 4 heterocycles. The molecule has 2 amide bonds. The minimum absolute atomic E-state index is 0.0695. The van der Waals surface area contributed by atoms with E-state index in [1.54, 1.807) is 24.5 Å². The van der Waals surface area contributed by atoms with Crippen LogP contribution >= 0.6 is 0 Å². The smallest absolute Gasteiger partial charge is 0.273 e. The van der Waals surface area contributed by atoms with Gasteiger partial charge >= 0.3 is 0 Å². The number of hydrogen-bond donors (Lipinski definition) is 1. The number of benzene rings is 1. The van der Waals surface area contributed by atoms with Crippen molar-refractivity contribution in [2.45, 2.75) is 18.5 Å². The summed E-state index contributed by atoms with van der Waals surface area (Å²) in [5.41, 5.74) is 0.535. The van der Waals surface area contributed by atoms with Crippen molar-refractivity contribution in [2.75, 3.05) is 25.0 Å². The highest BCUT2D eigenvalue weighted by Gasteiger charge is 2.45. The molecule has 0 saturated carbocycles. The molecule has 0 atom stereocenters. The van der Waals surface area contributed by atoms with Gasteiger partial charge in [0.15, 0.2) is 0 Å². The van der Waals surface area contributed by atoms with Gasteiger partial charge in [0.25, 0.3) is 11.8 Å². The Balaban J connectivity index is 1.39. The van der Waals surface area contributed by atoms with Gasteiger partial charge in [-0.1, -0.05) is 24.3 Å². The number of nitrogens with zero attached hydrogens (tertiary/aromatic N) is 4. The Kier molecular flexibility index (Phi) is 3.97. The van der Waals surface area contributed by atoms with Crippen molar-refractivity contribution in [3.8, 4) is 0 Å². The maximum absolute atomic E-state index is 13.2. The van der Waals surface area contributed by atoms with Gasteiger partial charge in [-0.25, -0.2) is 4.98 Å². The monoisotopic (exact) mass is 387 g/mol. The maximum atomic E-state index is 13.2. The third-order valence-corrected chi connectivity index (χ3v) is 6.09. The molecule has 2 aliphatic heterocycles. The van der Waals surface area contributed by atoms with Crippen molar-refractivity contribution in [1.82, 2.24) is 20.2 Å². The molecule has 1 N–H and O–H groups in total. The van der Waals surface area contributed by atoms with E-state index < -0.39 is 5.66 Å². The summed E-state index contributed by atoms with van der Waals surface area (Å²) >= 11 is 0. The third kappa shape index (κ3) is 2.73. The summed E-state index contributed by atoms with van der Waals surface area (Å²) in [4.78, 5) is 38.4. The minimum atomic E-state index is -0.526. The number of carbonyl (C=O) groups is 2. The summed E-state index contributed by atoms with van der Waals surface area (Å²) in [7, 11) is 1.95. The number of carbonyl (C=O) groups excluding carboxylic acids is 2. The number of aromatic nitrogens is 2. The standard InChI is InChI=1S/C22H21N5O2/c1-26-19-17(7-4-11-24-19)20(28)25-22(26)9-13-27(14-10-22)21(29)18-16-6-3-2-5-15(16)8-12-23-18/h2-8,11-12H,9-10,13-14H2,1H3,(H,25,28). The predicted octanol–water partition coefficient (Wildman–Crippen LogP) is 2.44. The number of anilines is 1. The summed E-state index contributed by atoms with van der Waals surface area (Å²) < 4.78 is 0. The predicted molar refractivity (Wildman–Crippen MR) is 110 cm³/mol. The van der Waals surface area contributed by atoms with Gasteiger partial charge in [-0.3, -0.25) is 14.6 Å². The van der Waals surface area contributed by atoms with Crippen molar-refractivity contribution in [1.29, 1.82) is 0 Å². The molecule has 29 heavy (non-hydrogen) atoms. The number of piperidine rings is 1. The van der Waals surface area contributed by atoms with E-state index in [2.05, 4.69) is 15.3 Å². The van der Waals surface area contributed by atoms with E-state index in [9.17, 15) is 9.59 Å². The Labute approximate surface area is 168 Å². The highest BCUT2D eigenvalue weighted by molar-refractivity contribution is 6.05. The normalized spacial score (nSPS) is 17.9. The van der Waals surface area contributed by atoms with Gasteiger partial charge in [-0.15, -0.1) is 0 Å². The molecule has 0 unspecified atom stereocenters. The van der Waals surface area contributed by atoms with Crippen LogP contribution in [0.25, 0.3) is 10.8 Å². The zero-order valence-corrected chi connectivity index (χ0v) is 16.1. The van der Waals surface area contributed by atoms with Gasteiger partial charge < -0.3 is 15.1 Å². The Morgan fingerprint density at radius 3 is 2.66 bits per heavy atom. The number of likely N-dealkylation sites (tertiary alicyclic amines) is 1. The summed E-state index contributed by atoms with van der Waals surface area (Å²) in [6, 6.07) is 13.2. The summed E-state index contributed by atoms with van der Waals surface area (Å²) in [6.45, 7) is 1.08. The summed E-state index contributed by atoms with van der Waals surface area (Å²) in [6.07, 6.45) is 4.63.